The largest absolute Gasteiger partial charge is 0.368 e. The Morgan fingerprint density at radius 1 is 1.03 bits per heavy atom. The number of hydrogen-bond donors (Lipinski definition) is 1. The molecule has 1 heterocycles. The molecule has 6 nitrogen and oxygen atoms in total. The van der Waals surface area contributed by atoms with Gasteiger partial charge in [-0.15, -0.1) is 0 Å². The zero-order chi connectivity index (χ0) is 22.7. The molecule has 0 radical (unpaired) electrons. The number of nitrogens with zero attached hydrogens (tertiary/aromatic N) is 3. The van der Waals surface area contributed by atoms with E-state index in [0.717, 1.165) is 22.5 Å². The first-order valence-corrected chi connectivity index (χ1v) is 10.3. The number of hydrogen-bond acceptors (Lipinski definition) is 3. The lowest BCUT2D eigenvalue weighted by Gasteiger charge is -2.26. The summed E-state index contributed by atoms with van der Waals surface area (Å²) in [5.74, 6) is -0.764. The smallest absolute Gasteiger partial charge is 0.244 e. The number of benzene rings is 3. The molecule has 2 amide bonds. The summed E-state index contributed by atoms with van der Waals surface area (Å²) in [4.78, 5) is 31.0. The normalized spacial score (nSPS) is 11.9. The molecule has 0 saturated carbocycles. The number of imidazole rings is 1. The fraction of sp³-hybridized carbons (Fsp3) is 0.160. The molecule has 0 aliphatic rings. The average molecular weight is 430 g/mol. The van der Waals surface area contributed by atoms with Crippen molar-refractivity contribution >= 4 is 22.8 Å². The highest BCUT2D eigenvalue weighted by molar-refractivity contribution is 5.87. The van der Waals surface area contributed by atoms with Crippen LogP contribution < -0.4 is 5.73 Å². The number of carbonyl (C=O) groups is 2. The number of carbonyl (C=O) groups excluding carboxylic acids is 2. The van der Waals surface area contributed by atoms with E-state index in [-0.39, 0.29) is 12.3 Å². The fourth-order valence-corrected chi connectivity index (χ4v) is 3.90. The molecule has 0 spiro atoms. The van der Waals surface area contributed by atoms with Crippen LogP contribution in [0.15, 0.2) is 78.9 Å². The molecule has 2 N–H and O–H groups in total. The maximum Gasteiger partial charge on any atom is 0.244 e. The number of aromatic nitrogens is 2. The maximum absolute atomic E-state index is 13.7. The summed E-state index contributed by atoms with van der Waals surface area (Å²) in [5.41, 5.74) is 8.62. The van der Waals surface area contributed by atoms with Gasteiger partial charge in [-0.05, 0) is 42.0 Å². The molecule has 32 heavy (non-hydrogen) atoms. The van der Waals surface area contributed by atoms with Gasteiger partial charge in [-0.1, -0.05) is 42.5 Å². The average Bonchev–Trinajstić information content (AvgIpc) is 3.16. The second kappa shape index (κ2) is 9.01. The van der Waals surface area contributed by atoms with E-state index < -0.39 is 17.8 Å². The number of nitrogens with two attached hydrogens (primary N) is 1. The lowest BCUT2D eigenvalue weighted by molar-refractivity contribution is -0.138. The van der Waals surface area contributed by atoms with Crippen molar-refractivity contribution in [2.45, 2.75) is 18.9 Å². The third-order valence-electron chi connectivity index (χ3n) is 5.42. The van der Waals surface area contributed by atoms with Gasteiger partial charge in [0.1, 0.15) is 17.7 Å². The molecule has 7 heteroatoms. The van der Waals surface area contributed by atoms with Crippen LogP contribution in [0.25, 0.3) is 16.7 Å². The van der Waals surface area contributed by atoms with E-state index in [1.165, 1.54) is 30.1 Å². The summed E-state index contributed by atoms with van der Waals surface area (Å²) in [7, 11) is 1.50. The van der Waals surface area contributed by atoms with E-state index in [1.54, 1.807) is 6.07 Å². The second-order valence-electron chi connectivity index (χ2n) is 7.55. The highest BCUT2D eigenvalue weighted by atomic mass is 19.1. The second-order valence-corrected chi connectivity index (χ2v) is 7.55. The number of likely N-dealkylation sites (N-methyl/N-ethyl adjacent to an activating group) is 1. The van der Waals surface area contributed by atoms with Crippen molar-refractivity contribution in [2.75, 3.05) is 7.05 Å². The van der Waals surface area contributed by atoms with Crippen LogP contribution in [0.5, 0.6) is 0 Å². The number of rotatable bonds is 7. The summed E-state index contributed by atoms with van der Waals surface area (Å²) in [6.45, 7) is 0. The Hall–Kier alpha value is -4.00. The van der Waals surface area contributed by atoms with E-state index in [0.29, 0.717) is 12.0 Å². The molecule has 1 unspecified atom stereocenters. The predicted molar refractivity (Wildman–Crippen MR) is 120 cm³/mol. The number of fused-ring (bicyclic) bond motifs is 1. The van der Waals surface area contributed by atoms with Crippen molar-refractivity contribution < 1.29 is 14.0 Å². The van der Waals surface area contributed by atoms with E-state index >= 15 is 0 Å². The van der Waals surface area contributed by atoms with Crippen LogP contribution in [-0.2, 0) is 16.0 Å². The first-order chi connectivity index (χ1) is 15.5. The summed E-state index contributed by atoms with van der Waals surface area (Å²) in [5, 5.41) is 0. The van der Waals surface area contributed by atoms with Gasteiger partial charge < -0.3 is 10.6 Å². The van der Waals surface area contributed by atoms with Crippen molar-refractivity contribution in [3.8, 4) is 5.69 Å². The fourth-order valence-electron chi connectivity index (χ4n) is 3.90. The monoisotopic (exact) mass is 430 g/mol. The number of amides is 2. The zero-order valence-corrected chi connectivity index (χ0v) is 17.6. The van der Waals surface area contributed by atoms with E-state index in [9.17, 15) is 14.0 Å². The minimum atomic E-state index is -1.05. The van der Waals surface area contributed by atoms with E-state index in [2.05, 4.69) is 0 Å². The summed E-state index contributed by atoms with van der Waals surface area (Å²) < 4.78 is 15.7. The van der Waals surface area contributed by atoms with Crippen molar-refractivity contribution in [1.29, 1.82) is 0 Å². The molecule has 3 aromatic carbocycles. The molecule has 162 valence electrons. The van der Waals surface area contributed by atoms with E-state index in [1.807, 2.05) is 59.2 Å². The molecular formula is C25H23FN4O2. The highest BCUT2D eigenvalue weighted by Gasteiger charge is 2.27. The van der Waals surface area contributed by atoms with Gasteiger partial charge in [0.15, 0.2) is 0 Å². The topological polar surface area (TPSA) is 81.2 Å². The Labute approximate surface area is 185 Å². The van der Waals surface area contributed by atoms with Crippen LogP contribution in [0.1, 0.15) is 23.9 Å². The van der Waals surface area contributed by atoms with Crippen LogP contribution in [0.2, 0.25) is 0 Å². The molecule has 4 rings (SSSR count). The zero-order valence-electron chi connectivity index (χ0n) is 17.6. The molecule has 1 atom stereocenters. The van der Waals surface area contributed by atoms with Crippen LogP contribution in [0.4, 0.5) is 4.39 Å². The van der Waals surface area contributed by atoms with Gasteiger partial charge in [0, 0.05) is 25.6 Å². The van der Waals surface area contributed by atoms with Gasteiger partial charge >= 0.3 is 0 Å². The lowest BCUT2D eigenvalue weighted by Crippen LogP contribution is -2.39. The van der Waals surface area contributed by atoms with Crippen LogP contribution in [0, 0.1) is 5.82 Å². The standard InChI is InChI=1S/C25H23FN4O2/c1-29(24(25(27)32)17-8-7-9-18(26)16-17)23(31)15-14-22-28-20-12-5-6-13-21(20)30(22)19-10-3-2-4-11-19/h2-13,16,24H,14-15H2,1H3,(H2,27,32). The van der Waals surface area contributed by atoms with Crippen LogP contribution in [0.3, 0.4) is 0 Å². The first-order valence-electron chi connectivity index (χ1n) is 10.3. The minimum Gasteiger partial charge on any atom is -0.368 e. The Morgan fingerprint density at radius 2 is 1.75 bits per heavy atom. The lowest BCUT2D eigenvalue weighted by atomic mass is 10.0. The molecule has 0 aliphatic heterocycles. The number of halogens is 1. The number of aryl methyl sites for hydroxylation is 1. The number of primary amides is 1. The molecule has 4 aromatic rings. The van der Waals surface area contributed by atoms with Crippen molar-refractivity contribution in [3.05, 3.63) is 96.1 Å². The van der Waals surface area contributed by atoms with Crippen molar-refractivity contribution in [1.82, 2.24) is 14.5 Å². The third-order valence-corrected chi connectivity index (χ3v) is 5.42. The van der Waals surface area contributed by atoms with E-state index in [4.69, 9.17) is 10.7 Å². The van der Waals surface area contributed by atoms with Crippen molar-refractivity contribution in [3.63, 3.8) is 0 Å². The Morgan fingerprint density at radius 3 is 2.47 bits per heavy atom. The van der Waals surface area contributed by atoms with Gasteiger partial charge in [-0.25, -0.2) is 9.37 Å². The number of para-hydroxylation sites is 3. The van der Waals surface area contributed by atoms with Crippen LogP contribution in [-0.4, -0.2) is 33.3 Å². The molecule has 1 aromatic heterocycles. The van der Waals surface area contributed by atoms with Gasteiger partial charge in [-0.2, -0.15) is 0 Å². The third kappa shape index (κ3) is 4.23. The molecule has 0 saturated heterocycles. The Bertz CT molecular complexity index is 1270. The summed E-state index contributed by atoms with van der Waals surface area (Å²) >= 11 is 0. The Balaban J connectivity index is 1.59. The molecule has 0 fully saturated rings. The molecule has 0 aliphatic carbocycles. The van der Waals surface area contributed by atoms with Crippen molar-refractivity contribution in [2.24, 2.45) is 5.73 Å². The van der Waals surface area contributed by atoms with Gasteiger partial charge in [0.05, 0.1) is 11.0 Å². The van der Waals surface area contributed by atoms with Gasteiger partial charge in [0.25, 0.3) is 0 Å². The quantitative estimate of drug-likeness (QED) is 0.484. The SMILES string of the molecule is CN(C(=O)CCc1nc2ccccc2n1-c1ccccc1)C(C(N)=O)c1cccc(F)c1. The highest BCUT2D eigenvalue weighted by Crippen LogP contribution is 2.24. The van der Waals surface area contributed by atoms with Crippen LogP contribution >= 0.6 is 0 Å². The molecular weight excluding hydrogens is 407 g/mol. The first kappa shape index (κ1) is 21.2. The maximum atomic E-state index is 13.7. The summed E-state index contributed by atoms with van der Waals surface area (Å²) in [6, 6.07) is 22.1. The van der Waals surface area contributed by atoms with Gasteiger partial charge in [-0.3, -0.25) is 14.2 Å². The summed E-state index contributed by atoms with van der Waals surface area (Å²) in [6.07, 6.45) is 0.479. The predicted octanol–water partition coefficient (Wildman–Crippen LogP) is 3.78. The van der Waals surface area contributed by atoms with Gasteiger partial charge in [0.2, 0.25) is 11.8 Å². The Kier molecular flexibility index (Phi) is 5.98. The molecule has 0 bridgehead atoms. The minimum absolute atomic E-state index is 0.117.